The summed E-state index contributed by atoms with van der Waals surface area (Å²) in [5, 5.41) is 23.6. The molecule has 0 saturated heterocycles. The average molecular weight is 267 g/mol. The number of hydrogen-bond donors (Lipinski definition) is 6. The first-order valence-corrected chi connectivity index (χ1v) is 4.94. The van der Waals surface area contributed by atoms with Gasteiger partial charge >= 0.3 is 17.9 Å². The van der Waals surface area contributed by atoms with Gasteiger partial charge in [-0.25, -0.2) is 0 Å². The third kappa shape index (κ3) is 29.2. The fourth-order valence-electron chi connectivity index (χ4n) is 0.123. The lowest BCUT2D eigenvalue weighted by Crippen LogP contribution is -2.25. The highest BCUT2D eigenvalue weighted by atomic mass is 16.4. The first-order chi connectivity index (χ1) is 8.06. The van der Waals surface area contributed by atoms with Crippen molar-refractivity contribution in [3.05, 3.63) is 0 Å². The molecule has 0 saturated carbocycles. The van der Waals surface area contributed by atoms with Gasteiger partial charge < -0.3 is 32.5 Å². The number of carboxylic acid groups (broad SMARTS) is 3. The SMILES string of the molecule is C[C@H](N)C(=O)O.C[C@H](N)C(=O)O.NCCC(=O)O. The highest BCUT2D eigenvalue weighted by Crippen LogP contribution is 1.69. The summed E-state index contributed by atoms with van der Waals surface area (Å²) in [5.74, 6) is -2.76. The van der Waals surface area contributed by atoms with Crippen LogP contribution in [0.3, 0.4) is 0 Å². The van der Waals surface area contributed by atoms with Crippen LogP contribution in [0.5, 0.6) is 0 Å². The Kier molecular flexibility index (Phi) is 16.0. The van der Waals surface area contributed by atoms with Crippen molar-refractivity contribution in [3.8, 4) is 0 Å². The maximum Gasteiger partial charge on any atom is 0.320 e. The Morgan fingerprint density at radius 1 is 0.944 bits per heavy atom. The van der Waals surface area contributed by atoms with E-state index in [0.717, 1.165) is 0 Å². The summed E-state index contributed by atoms with van der Waals surface area (Å²) in [6, 6.07) is -1.46. The Morgan fingerprint density at radius 2 is 1.17 bits per heavy atom. The maximum atomic E-state index is 9.57. The van der Waals surface area contributed by atoms with Crippen molar-refractivity contribution in [2.45, 2.75) is 32.4 Å². The minimum absolute atomic E-state index is 0.0694. The lowest BCUT2D eigenvalue weighted by Gasteiger charge is -1.90. The molecule has 9 N–H and O–H groups in total. The van der Waals surface area contributed by atoms with E-state index in [4.69, 9.17) is 32.5 Å². The minimum atomic E-state index is -0.963. The van der Waals surface area contributed by atoms with E-state index in [1.807, 2.05) is 0 Å². The molecule has 0 heterocycles. The van der Waals surface area contributed by atoms with Crippen LogP contribution in [0.15, 0.2) is 0 Å². The van der Waals surface area contributed by atoms with Crippen LogP contribution in [0, 0.1) is 0 Å². The van der Waals surface area contributed by atoms with Gasteiger partial charge in [0.05, 0.1) is 6.42 Å². The summed E-state index contributed by atoms with van der Waals surface area (Å²) < 4.78 is 0. The standard InChI is InChI=1S/3C3H7NO2/c2*1-2(4)3(5)6;4-2-1-3(5)6/h2*2H,4H2,1H3,(H,5,6);1-2,4H2,(H,5,6)/t2*2-;/m00./s1. The van der Waals surface area contributed by atoms with Gasteiger partial charge in [0.25, 0.3) is 0 Å². The molecule has 0 aliphatic rings. The van der Waals surface area contributed by atoms with E-state index in [0.29, 0.717) is 0 Å². The van der Waals surface area contributed by atoms with E-state index < -0.39 is 30.0 Å². The zero-order chi connectivity index (χ0) is 15.3. The summed E-state index contributed by atoms with van der Waals surface area (Å²) in [6.45, 7) is 3.07. The second-order valence-electron chi connectivity index (χ2n) is 3.19. The fraction of sp³-hybridized carbons (Fsp3) is 0.667. The molecule has 0 aliphatic heterocycles. The van der Waals surface area contributed by atoms with Gasteiger partial charge in [0, 0.05) is 6.54 Å². The number of nitrogens with two attached hydrogens (primary N) is 3. The molecule has 18 heavy (non-hydrogen) atoms. The topological polar surface area (TPSA) is 190 Å². The zero-order valence-electron chi connectivity index (χ0n) is 10.4. The fourth-order valence-corrected chi connectivity index (χ4v) is 0.123. The molecule has 0 unspecified atom stereocenters. The predicted molar refractivity (Wildman–Crippen MR) is 63.9 cm³/mol. The lowest BCUT2D eigenvalue weighted by molar-refractivity contribution is -0.139. The van der Waals surface area contributed by atoms with Gasteiger partial charge in [-0.15, -0.1) is 0 Å². The molecule has 9 nitrogen and oxygen atoms in total. The number of carbonyl (C=O) groups is 3. The van der Waals surface area contributed by atoms with E-state index in [2.05, 4.69) is 0 Å². The van der Waals surface area contributed by atoms with Crippen LogP contribution in [-0.4, -0.2) is 51.9 Å². The van der Waals surface area contributed by atoms with E-state index in [1.54, 1.807) is 0 Å². The largest absolute Gasteiger partial charge is 0.481 e. The van der Waals surface area contributed by atoms with Gasteiger partial charge in [-0.05, 0) is 13.8 Å². The van der Waals surface area contributed by atoms with Crippen LogP contribution in [0.1, 0.15) is 20.3 Å². The van der Waals surface area contributed by atoms with Gasteiger partial charge in [0.15, 0.2) is 0 Å². The van der Waals surface area contributed by atoms with E-state index in [1.165, 1.54) is 13.8 Å². The smallest absolute Gasteiger partial charge is 0.320 e. The van der Waals surface area contributed by atoms with Crippen molar-refractivity contribution >= 4 is 17.9 Å². The molecule has 0 aromatic rings. The molecule has 0 aromatic heterocycles. The summed E-state index contributed by atoms with van der Waals surface area (Å²) in [6.07, 6.45) is 0.0694. The van der Waals surface area contributed by atoms with Crippen molar-refractivity contribution in [2.24, 2.45) is 17.2 Å². The Labute approximate surface area is 105 Å². The maximum absolute atomic E-state index is 9.57. The Balaban J connectivity index is -0.000000187. The monoisotopic (exact) mass is 267 g/mol. The molecular formula is C9H21N3O6. The molecule has 0 amide bonds. The van der Waals surface area contributed by atoms with Crippen molar-refractivity contribution in [2.75, 3.05) is 6.54 Å². The van der Waals surface area contributed by atoms with E-state index in [-0.39, 0.29) is 13.0 Å². The molecule has 0 spiro atoms. The van der Waals surface area contributed by atoms with Crippen LogP contribution in [0.4, 0.5) is 0 Å². The number of rotatable bonds is 4. The van der Waals surface area contributed by atoms with Gasteiger partial charge in [-0.3, -0.25) is 14.4 Å². The van der Waals surface area contributed by atoms with Gasteiger partial charge in [0.2, 0.25) is 0 Å². The number of hydrogen-bond acceptors (Lipinski definition) is 6. The van der Waals surface area contributed by atoms with Gasteiger partial charge in [0.1, 0.15) is 12.1 Å². The van der Waals surface area contributed by atoms with Crippen molar-refractivity contribution < 1.29 is 29.7 Å². The van der Waals surface area contributed by atoms with Crippen LogP contribution in [0.2, 0.25) is 0 Å². The molecule has 0 bridgehead atoms. The second-order valence-corrected chi connectivity index (χ2v) is 3.19. The quantitative estimate of drug-likeness (QED) is 0.343. The number of aliphatic carboxylic acids is 3. The first-order valence-electron chi connectivity index (χ1n) is 4.94. The van der Waals surface area contributed by atoms with E-state index in [9.17, 15) is 14.4 Å². The Hall–Kier alpha value is -1.71. The molecule has 108 valence electrons. The average Bonchev–Trinajstić information content (AvgIpc) is 2.18. The predicted octanol–water partition coefficient (Wildman–Crippen LogP) is -1.74. The van der Waals surface area contributed by atoms with Crippen LogP contribution >= 0.6 is 0 Å². The third-order valence-corrected chi connectivity index (χ3v) is 1.14. The summed E-state index contributed by atoms with van der Waals surface area (Å²) in [4.78, 5) is 28.7. The minimum Gasteiger partial charge on any atom is -0.481 e. The molecular weight excluding hydrogens is 246 g/mol. The van der Waals surface area contributed by atoms with Gasteiger partial charge in [-0.2, -0.15) is 0 Å². The lowest BCUT2D eigenvalue weighted by atomic mass is 10.4. The molecule has 9 heteroatoms. The highest BCUT2D eigenvalue weighted by molar-refractivity contribution is 5.72. The van der Waals surface area contributed by atoms with Crippen molar-refractivity contribution in [1.29, 1.82) is 0 Å². The van der Waals surface area contributed by atoms with Crippen LogP contribution in [0.25, 0.3) is 0 Å². The second kappa shape index (κ2) is 13.4. The molecule has 0 fully saturated rings. The third-order valence-electron chi connectivity index (χ3n) is 1.14. The summed E-state index contributed by atoms with van der Waals surface area (Å²) in [7, 11) is 0. The highest BCUT2D eigenvalue weighted by Gasteiger charge is 2.00. The zero-order valence-corrected chi connectivity index (χ0v) is 10.4. The van der Waals surface area contributed by atoms with Gasteiger partial charge in [-0.1, -0.05) is 0 Å². The van der Waals surface area contributed by atoms with E-state index >= 15 is 0 Å². The molecule has 2 atom stereocenters. The van der Waals surface area contributed by atoms with Crippen LogP contribution < -0.4 is 17.2 Å². The van der Waals surface area contributed by atoms with Crippen LogP contribution in [-0.2, 0) is 14.4 Å². The first kappa shape index (κ1) is 21.6. The summed E-state index contributed by atoms with van der Waals surface area (Å²) in [5.41, 5.74) is 14.5. The Bertz CT molecular complexity index is 237. The molecule has 0 aliphatic carbocycles. The molecule has 0 rings (SSSR count). The number of carboxylic acids is 3. The normalized spacial score (nSPS) is 11.8. The van der Waals surface area contributed by atoms with Crippen molar-refractivity contribution in [1.82, 2.24) is 0 Å². The molecule has 0 aromatic carbocycles. The molecule has 0 radical (unpaired) electrons. The van der Waals surface area contributed by atoms with Crippen molar-refractivity contribution in [3.63, 3.8) is 0 Å². The summed E-state index contributed by atoms with van der Waals surface area (Å²) >= 11 is 0. The Morgan fingerprint density at radius 3 is 1.17 bits per heavy atom.